The second kappa shape index (κ2) is 12.0. The van der Waals surface area contributed by atoms with Crippen LogP contribution in [-0.2, 0) is 10.2 Å². The molecule has 1 saturated carbocycles. The van der Waals surface area contributed by atoms with Crippen LogP contribution >= 0.6 is 0 Å². The van der Waals surface area contributed by atoms with Crippen LogP contribution in [0.4, 0.5) is 0 Å². The standard InChI is InChI=1S/C36H36O5/c1-24-5-11-29(12-6-24)36(22-25(2)21-26(3)23-36)30-13-19-33(20-14-30)41-35(38)28-9-17-32(18-10-28)40-31-15-7-27(8-16-31)34(37)39-4/h5-20,25-26H,21-23H2,1-4H3. The second-order valence-corrected chi connectivity index (χ2v) is 11.4. The summed E-state index contributed by atoms with van der Waals surface area (Å²) in [6.07, 6.45) is 3.45. The number of methoxy groups -OCH3 is 1. The van der Waals surface area contributed by atoms with Crippen molar-refractivity contribution >= 4 is 11.9 Å². The molecule has 0 bridgehead atoms. The molecule has 210 valence electrons. The zero-order valence-electron chi connectivity index (χ0n) is 24.1. The molecular weight excluding hydrogens is 512 g/mol. The van der Waals surface area contributed by atoms with Gasteiger partial charge in [0.1, 0.15) is 17.2 Å². The minimum absolute atomic E-state index is 0.0528. The number of hydrogen-bond donors (Lipinski definition) is 0. The molecule has 5 rings (SSSR count). The molecule has 2 atom stereocenters. The van der Waals surface area contributed by atoms with Crippen LogP contribution in [0, 0.1) is 18.8 Å². The van der Waals surface area contributed by atoms with Gasteiger partial charge in [0.2, 0.25) is 0 Å². The highest BCUT2D eigenvalue weighted by atomic mass is 16.5. The zero-order chi connectivity index (χ0) is 29.0. The first-order valence-corrected chi connectivity index (χ1v) is 14.1. The maximum Gasteiger partial charge on any atom is 0.343 e. The summed E-state index contributed by atoms with van der Waals surface area (Å²) in [5, 5.41) is 0. The van der Waals surface area contributed by atoms with E-state index in [0.717, 1.165) is 12.8 Å². The Kier molecular flexibility index (Phi) is 8.25. The molecule has 41 heavy (non-hydrogen) atoms. The molecule has 5 heteroatoms. The van der Waals surface area contributed by atoms with Gasteiger partial charge >= 0.3 is 11.9 Å². The first-order chi connectivity index (χ1) is 19.8. The number of benzene rings is 4. The third-order valence-corrected chi connectivity index (χ3v) is 8.02. The van der Waals surface area contributed by atoms with Crippen molar-refractivity contribution in [1.82, 2.24) is 0 Å². The average molecular weight is 549 g/mol. The molecule has 1 aliphatic carbocycles. The van der Waals surface area contributed by atoms with Crippen LogP contribution in [-0.4, -0.2) is 19.0 Å². The molecule has 0 amide bonds. The average Bonchev–Trinajstić information content (AvgIpc) is 2.97. The van der Waals surface area contributed by atoms with Gasteiger partial charge in [0.05, 0.1) is 18.2 Å². The first-order valence-electron chi connectivity index (χ1n) is 14.1. The van der Waals surface area contributed by atoms with Crippen LogP contribution in [0.15, 0.2) is 97.1 Å². The van der Waals surface area contributed by atoms with E-state index in [4.69, 9.17) is 14.2 Å². The molecule has 0 aliphatic heterocycles. The van der Waals surface area contributed by atoms with Crippen molar-refractivity contribution in [2.24, 2.45) is 11.8 Å². The molecule has 0 aromatic heterocycles. The molecule has 1 aliphatic rings. The van der Waals surface area contributed by atoms with E-state index in [1.807, 2.05) is 12.1 Å². The summed E-state index contributed by atoms with van der Waals surface area (Å²) >= 11 is 0. The van der Waals surface area contributed by atoms with Crippen molar-refractivity contribution in [1.29, 1.82) is 0 Å². The van der Waals surface area contributed by atoms with Crippen LogP contribution < -0.4 is 9.47 Å². The van der Waals surface area contributed by atoms with Crippen molar-refractivity contribution in [2.75, 3.05) is 7.11 Å². The number of rotatable bonds is 7. The Morgan fingerprint density at radius 2 is 1.07 bits per heavy atom. The van der Waals surface area contributed by atoms with Gasteiger partial charge in [-0.1, -0.05) is 55.8 Å². The van der Waals surface area contributed by atoms with Gasteiger partial charge < -0.3 is 14.2 Å². The minimum atomic E-state index is -0.431. The van der Waals surface area contributed by atoms with Crippen molar-refractivity contribution in [3.8, 4) is 17.2 Å². The molecular formula is C36H36O5. The minimum Gasteiger partial charge on any atom is -0.465 e. The molecule has 2 unspecified atom stereocenters. The van der Waals surface area contributed by atoms with Gasteiger partial charge in [-0.3, -0.25) is 0 Å². The quantitative estimate of drug-likeness (QED) is 0.171. The van der Waals surface area contributed by atoms with Crippen molar-refractivity contribution < 1.29 is 23.8 Å². The molecule has 0 saturated heterocycles. The van der Waals surface area contributed by atoms with Gasteiger partial charge in [-0.2, -0.15) is 0 Å². The number of esters is 2. The van der Waals surface area contributed by atoms with Crippen LogP contribution in [0.1, 0.15) is 70.5 Å². The normalized spacial score (nSPS) is 20.2. The van der Waals surface area contributed by atoms with Crippen LogP contribution in [0.25, 0.3) is 0 Å². The summed E-state index contributed by atoms with van der Waals surface area (Å²) in [6.45, 7) is 6.83. The molecule has 4 aromatic carbocycles. The van der Waals surface area contributed by atoms with Crippen LogP contribution in [0.5, 0.6) is 17.2 Å². The zero-order valence-corrected chi connectivity index (χ0v) is 24.1. The highest BCUT2D eigenvalue weighted by Gasteiger charge is 2.40. The second-order valence-electron chi connectivity index (χ2n) is 11.4. The Morgan fingerprint density at radius 1 is 0.634 bits per heavy atom. The fraction of sp³-hybridized carbons (Fsp3) is 0.278. The molecule has 0 radical (unpaired) electrons. The SMILES string of the molecule is COC(=O)c1ccc(Oc2ccc(C(=O)Oc3ccc(C4(c5ccc(C)cc5)CC(C)CC(C)C4)cc3)cc2)cc1. The summed E-state index contributed by atoms with van der Waals surface area (Å²) in [6, 6.07) is 30.4. The van der Waals surface area contributed by atoms with Gasteiger partial charge in [0, 0.05) is 5.41 Å². The third kappa shape index (κ3) is 6.35. The molecule has 0 spiro atoms. The van der Waals surface area contributed by atoms with E-state index in [0.29, 0.717) is 40.2 Å². The van der Waals surface area contributed by atoms with Crippen molar-refractivity contribution in [3.63, 3.8) is 0 Å². The van der Waals surface area contributed by atoms with E-state index in [1.54, 1.807) is 48.5 Å². The fourth-order valence-corrected chi connectivity index (χ4v) is 6.22. The molecule has 0 N–H and O–H groups in total. The van der Waals surface area contributed by atoms with Gasteiger partial charge in [-0.25, -0.2) is 9.59 Å². The van der Waals surface area contributed by atoms with E-state index >= 15 is 0 Å². The Bertz CT molecular complexity index is 1480. The predicted octanol–water partition coefficient (Wildman–Crippen LogP) is 8.54. The highest BCUT2D eigenvalue weighted by molar-refractivity contribution is 5.91. The third-order valence-electron chi connectivity index (χ3n) is 8.02. The fourth-order valence-electron chi connectivity index (χ4n) is 6.22. The summed E-state index contributed by atoms with van der Waals surface area (Å²) in [4.78, 5) is 24.5. The van der Waals surface area contributed by atoms with Crippen molar-refractivity contribution in [3.05, 3.63) is 125 Å². The summed E-state index contributed by atoms with van der Waals surface area (Å²) in [5.74, 6) is 2.07. The van der Waals surface area contributed by atoms with E-state index in [-0.39, 0.29) is 5.41 Å². The molecule has 1 fully saturated rings. The van der Waals surface area contributed by atoms with E-state index in [2.05, 4.69) is 57.2 Å². The van der Waals surface area contributed by atoms with Gasteiger partial charge in [0.25, 0.3) is 0 Å². The van der Waals surface area contributed by atoms with E-state index < -0.39 is 11.9 Å². The smallest absolute Gasteiger partial charge is 0.343 e. The number of hydrogen-bond acceptors (Lipinski definition) is 5. The topological polar surface area (TPSA) is 61.8 Å². The summed E-state index contributed by atoms with van der Waals surface area (Å²) in [7, 11) is 1.34. The van der Waals surface area contributed by atoms with E-state index in [1.165, 1.54) is 30.2 Å². The Balaban J connectivity index is 1.27. The predicted molar refractivity (Wildman–Crippen MR) is 160 cm³/mol. The summed E-state index contributed by atoms with van der Waals surface area (Å²) in [5.41, 5.74) is 4.70. The van der Waals surface area contributed by atoms with E-state index in [9.17, 15) is 9.59 Å². The monoisotopic (exact) mass is 548 g/mol. The lowest BCUT2D eigenvalue weighted by Crippen LogP contribution is -2.36. The summed E-state index contributed by atoms with van der Waals surface area (Å²) < 4.78 is 16.3. The Hall–Kier alpha value is -4.38. The number of carbonyl (C=O) groups excluding carboxylic acids is 2. The number of aryl methyl sites for hydroxylation is 1. The maximum atomic E-state index is 12.9. The lowest BCUT2D eigenvalue weighted by atomic mass is 9.60. The molecule has 4 aromatic rings. The highest BCUT2D eigenvalue weighted by Crippen LogP contribution is 2.49. The number of carbonyl (C=O) groups is 2. The van der Waals surface area contributed by atoms with Gasteiger partial charge in [0.15, 0.2) is 0 Å². The molecule has 0 heterocycles. The Labute approximate surface area is 242 Å². The van der Waals surface area contributed by atoms with Crippen LogP contribution in [0.3, 0.4) is 0 Å². The van der Waals surface area contributed by atoms with Crippen molar-refractivity contribution in [2.45, 2.75) is 45.4 Å². The lowest BCUT2D eigenvalue weighted by Gasteiger charge is -2.44. The molecule has 5 nitrogen and oxygen atoms in total. The maximum absolute atomic E-state index is 12.9. The van der Waals surface area contributed by atoms with Gasteiger partial charge in [-0.05, 0) is 110 Å². The first kappa shape index (κ1) is 28.2. The number of ether oxygens (including phenoxy) is 3. The van der Waals surface area contributed by atoms with Gasteiger partial charge in [-0.15, -0.1) is 0 Å². The Morgan fingerprint density at radius 3 is 1.56 bits per heavy atom. The largest absolute Gasteiger partial charge is 0.465 e. The van der Waals surface area contributed by atoms with Crippen LogP contribution in [0.2, 0.25) is 0 Å². The lowest BCUT2D eigenvalue weighted by molar-refractivity contribution is 0.0600.